The Balaban J connectivity index is 1.48. The van der Waals surface area contributed by atoms with Crippen LogP contribution in [-0.2, 0) is 4.74 Å². The van der Waals surface area contributed by atoms with Crippen LogP contribution < -0.4 is 10.2 Å². The summed E-state index contributed by atoms with van der Waals surface area (Å²) in [6.45, 7) is 3.17. The number of nitrogens with one attached hydrogen (secondary N) is 1. The predicted molar refractivity (Wildman–Crippen MR) is 121 cm³/mol. The van der Waals surface area contributed by atoms with Gasteiger partial charge in [0.2, 0.25) is 5.95 Å². The van der Waals surface area contributed by atoms with Gasteiger partial charge in [0.25, 0.3) is 0 Å². The van der Waals surface area contributed by atoms with Crippen LogP contribution in [0.25, 0.3) is 22.0 Å². The van der Waals surface area contributed by atoms with Crippen LogP contribution in [0, 0.1) is 0 Å². The van der Waals surface area contributed by atoms with Gasteiger partial charge in [0.15, 0.2) is 0 Å². The van der Waals surface area contributed by atoms with Crippen LogP contribution in [0.4, 0.5) is 17.3 Å². The third-order valence-electron chi connectivity index (χ3n) is 5.16. The van der Waals surface area contributed by atoms with Gasteiger partial charge >= 0.3 is 0 Å². The van der Waals surface area contributed by atoms with Crippen LogP contribution in [0.2, 0.25) is 5.02 Å². The molecule has 5 rings (SSSR count). The minimum absolute atomic E-state index is 0.501. The fourth-order valence-corrected chi connectivity index (χ4v) is 3.84. The van der Waals surface area contributed by atoms with Crippen LogP contribution in [-0.4, -0.2) is 41.3 Å². The summed E-state index contributed by atoms with van der Waals surface area (Å²) in [5.74, 6) is 0.501. The number of fused-ring (bicyclic) bond motifs is 1. The van der Waals surface area contributed by atoms with Gasteiger partial charge in [-0.3, -0.25) is 4.98 Å². The fourth-order valence-electron chi connectivity index (χ4n) is 3.64. The smallest absolute Gasteiger partial charge is 0.227 e. The molecule has 0 spiro atoms. The summed E-state index contributed by atoms with van der Waals surface area (Å²) in [5.41, 5.74) is 3.67. The number of rotatable bonds is 4. The number of halogens is 1. The largest absolute Gasteiger partial charge is 0.378 e. The summed E-state index contributed by atoms with van der Waals surface area (Å²) in [6, 6.07) is 16.3. The molecule has 30 heavy (non-hydrogen) atoms. The molecule has 1 fully saturated rings. The standard InChI is InChI=1S/C23H20ClN5O/c24-19-15-26-23(27-20-3-1-2-4-21(20)29-9-11-30-12-10-29)28-22(19)17-6-5-16-7-8-25-14-18(16)13-17/h1-8,13-15H,9-12H2,(H,26,27,28). The van der Waals surface area contributed by atoms with Crippen LogP contribution in [0.5, 0.6) is 0 Å². The highest BCUT2D eigenvalue weighted by atomic mass is 35.5. The van der Waals surface area contributed by atoms with Crippen molar-refractivity contribution < 1.29 is 4.74 Å². The lowest BCUT2D eigenvalue weighted by molar-refractivity contribution is 0.123. The lowest BCUT2D eigenvalue weighted by Gasteiger charge is -2.30. The number of anilines is 3. The van der Waals surface area contributed by atoms with Crippen molar-refractivity contribution in [1.29, 1.82) is 0 Å². The van der Waals surface area contributed by atoms with Crippen molar-refractivity contribution in [2.24, 2.45) is 0 Å². The number of hydrogen-bond donors (Lipinski definition) is 1. The maximum Gasteiger partial charge on any atom is 0.227 e. The maximum absolute atomic E-state index is 6.45. The SMILES string of the molecule is Clc1cnc(Nc2ccccc2N2CCOCC2)nc1-c1ccc2ccncc2c1. The number of pyridine rings is 1. The van der Waals surface area contributed by atoms with Crippen LogP contribution in [0.15, 0.2) is 67.1 Å². The molecule has 6 nitrogen and oxygen atoms in total. The van der Waals surface area contributed by atoms with Crippen molar-refractivity contribution in [3.8, 4) is 11.3 Å². The molecule has 1 aliphatic heterocycles. The topological polar surface area (TPSA) is 63.2 Å². The van der Waals surface area contributed by atoms with Crippen molar-refractivity contribution in [3.05, 3.63) is 72.1 Å². The van der Waals surface area contributed by atoms with E-state index < -0.39 is 0 Å². The molecule has 150 valence electrons. The van der Waals surface area contributed by atoms with Crippen molar-refractivity contribution in [3.63, 3.8) is 0 Å². The second-order valence-electron chi connectivity index (χ2n) is 7.07. The van der Waals surface area contributed by atoms with E-state index in [1.807, 2.05) is 48.7 Å². The first-order chi connectivity index (χ1) is 14.8. The lowest BCUT2D eigenvalue weighted by Crippen LogP contribution is -2.36. The summed E-state index contributed by atoms with van der Waals surface area (Å²) in [4.78, 5) is 15.6. The molecular formula is C23H20ClN5O. The average molecular weight is 418 g/mol. The summed E-state index contributed by atoms with van der Waals surface area (Å²) < 4.78 is 5.48. The summed E-state index contributed by atoms with van der Waals surface area (Å²) in [7, 11) is 0. The lowest BCUT2D eigenvalue weighted by atomic mass is 10.1. The zero-order chi connectivity index (χ0) is 20.3. The van der Waals surface area contributed by atoms with Crippen molar-refractivity contribution in [2.45, 2.75) is 0 Å². The second-order valence-corrected chi connectivity index (χ2v) is 7.48. The number of hydrogen-bond acceptors (Lipinski definition) is 6. The summed E-state index contributed by atoms with van der Waals surface area (Å²) in [5, 5.41) is 6.03. The first-order valence-electron chi connectivity index (χ1n) is 9.83. The van der Waals surface area contributed by atoms with E-state index in [-0.39, 0.29) is 0 Å². The Morgan fingerprint density at radius 1 is 0.967 bits per heavy atom. The number of benzene rings is 2. The third kappa shape index (κ3) is 3.79. The molecule has 2 aromatic heterocycles. The molecule has 2 aromatic carbocycles. The van der Waals surface area contributed by atoms with E-state index in [2.05, 4.69) is 26.3 Å². The van der Waals surface area contributed by atoms with Gasteiger partial charge in [0.1, 0.15) is 0 Å². The molecular weight excluding hydrogens is 398 g/mol. The fraction of sp³-hybridized carbons (Fsp3) is 0.174. The van der Waals surface area contributed by atoms with E-state index >= 15 is 0 Å². The van der Waals surface area contributed by atoms with Gasteiger partial charge in [-0.05, 0) is 29.7 Å². The third-order valence-corrected chi connectivity index (χ3v) is 5.44. The van der Waals surface area contributed by atoms with Gasteiger partial charge in [-0.25, -0.2) is 9.97 Å². The Morgan fingerprint density at radius 3 is 2.73 bits per heavy atom. The van der Waals surface area contributed by atoms with E-state index in [1.54, 1.807) is 12.4 Å². The number of morpholine rings is 1. The zero-order valence-electron chi connectivity index (χ0n) is 16.3. The van der Waals surface area contributed by atoms with E-state index in [0.29, 0.717) is 16.7 Å². The van der Waals surface area contributed by atoms with Crippen LogP contribution in [0.3, 0.4) is 0 Å². The Morgan fingerprint density at radius 2 is 1.83 bits per heavy atom. The van der Waals surface area contributed by atoms with Crippen LogP contribution >= 0.6 is 11.6 Å². The molecule has 0 amide bonds. The number of nitrogens with zero attached hydrogens (tertiary/aromatic N) is 4. The molecule has 0 aliphatic carbocycles. The Labute approximate surface area is 179 Å². The van der Waals surface area contributed by atoms with E-state index in [4.69, 9.17) is 21.3 Å². The monoisotopic (exact) mass is 417 g/mol. The number of para-hydroxylation sites is 2. The highest BCUT2D eigenvalue weighted by Gasteiger charge is 2.16. The molecule has 1 aliphatic rings. The quantitative estimate of drug-likeness (QED) is 0.508. The molecule has 0 atom stereocenters. The Hall–Kier alpha value is -3.22. The molecule has 1 saturated heterocycles. The van der Waals surface area contributed by atoms with E-state index in [1.165, 1.54) is 0 Å². The first kappa shape index (κ1) is 18.8. The number of ether oxygens (including phenoxy) is 1. The highest BCUT2D eigenvalue weighted by Crippen LogP contribution is 2.32. The van der Waals surface area contributed by atoms with E-state index in [0.717, 1.165) is 54.0 Å². The van der Waals surface area contributed by atoms with Gasteiger partial charge in [0, 0.05) is 36.4 Å². The Kier molecular flexibility index (Phi) is 5.17. The van der Waals surface area contributed by atoms with Crippen molar-refractivity contribution >= 4 is 39.7 Å². The second kappa shape index (κ2) is 8.26. The van der Waals surface area contributed by atoms with Gasteiger partial charge < -0.3 is 15.0 Å². The Bertz CT molecular complexity index is 1190. The van der Waals surface area contributed by atoms with Gasteiger partial charge in [0.05, 0.1) is 41.5 Å². The van der Waals surface area contributed by atoms with Gasteiger partial charge in [-0.2, -0.15) is 0 Å². The van der Waals surface area contributed by atoms with Crippen molar-refractivity contribution in [2.75, 3.05) is 36.5 Å². The number of aromatic nitrogens is 3. The minimum Gasteiger partial charge on any atom is -0.378 e. The van der Waals surface area contributed by atoms with E-state index in [9.17, 15) is 0 Å². The molecule has 1 N–H and O–H groups in total. The molecule has 0 bridgehead atoms. The predicted octanol–water partition coefficient (Wildman–Crippen LogP) is 4.93. The molecule has 7 heteroatoms. The van der Waals surface area contributed by atoms with Crippen molar-refractivity contribution in [1.82, 2.24) is 15.0 Å². The summed E-state index contributed by atoms with van der Waals surface area (Å²) in [6.07, 6.45) is 5.26. The van der Waals surface area contributed by atoms with Crippen LogP contribution in [0.1, 0.15) is 0 Å². The first-order valence-corrected chi connectivity index (χ1v) is 10.2. The summed E-state index contributed by atoms with van der Waals surface area (Å²) >= 11 is 6.45. The highest BCUT2D eigenvalue weighted by molar-refractivity contribution is 6.33. The normalized spacial score (nSPS) is 14.1. The average Bonchev–Trinajstić information content (AvgIpc) is 2.81. The maximum atomic E-state index is 6.45. The molecule has 0 radical (unpaired) electrons. The van der Waals surface area contributed by atoms with Gasteiger partial charge in [-0.1, -0.05) is 35.9 Å². The molecule has 3 heterocycles. The zero-order valence-corrected chi connectivity index (χ0v) is 17.0. The van der Waals surface area contributed by atoms with Gasteiger partial charge in [-0.15, -0.1) is 0 Å². The molecule has 0 saturated carbocycles. The molecule has 0 unspecified atom stereocenters. The molecule has 4 aromatic rings. The minimum atomic E-state index is 0.501.